The van der Waals surface area contributed by atoms with Crippen LogP contribution >= 0.6 is 12.6 Å². The van der Waals surface area contributed by atoms with Gasteiger partial charge in [-0.1, -0.05) is 13.0 Å². The molecule has 10 heavy (non-hydrogen) atoms. The fourth-order valence-corrected chi connectivity index (χ4v) is 1.05. The molecule has 1 rings (SSSR count). The molecule has 0 radical (unpaired) electrons. The van der Waals surface area contributed by atoms with E-state index >= 15 is 0 Å². The molecule has 0 atom stereocenters. The molecular weight excluding hydrogens is 144 g/mol. The molecule has 1 aromatic carbocycles. The Labute approximate surface area is 66.1 Å². The van der Waals surface area contributed by atoms with Crippen LogP contribution < -0.4 is 0 Å². The Morgan fingerprint density at radius 3 is 2.70 bits per heavy atom. The van der Waals surface area contributed by atoms with Gasteiger partial charge in [0.15, 0.2) is 0 Å². The molecule has 54 valence electrons. The van der Waals surface area contributed by atoms with Gasteiger partial charge in [-0.2, -0.15) is 0 Å². The second-order valence-corrected chi connectivity index (χ2v) is 2.68. The summed E-state index contributed by atoms with van der Waals surface area (Å²) in [5, 5.41) is 9.24. The molecule has 0 saturated heterocycles. The average molecular weight is 154 g/mol. The van der Waals surface area contributed by atoms with Gasteiger partial charge in [-0.3, -0.25) is 0 Å². The number of phenolic OH excluding ortho intramolecular Hbond substituents is 1. The number of aryl methyl sites for hydroxylation is 1. The van der Waals surface area contributed by atoms with Gasteiger partial charge in [0.1, 0.15) is 5.75 Å². The molecular formula is C8H10OS. The Balaban J connectivity index is 3.07. The number of rotatable bonds is 1. The number of benzene rings is 1. The van der Waals surface area contributed by atoms with Gasteiger partial charge in [0.25, 0.3) is 0 Å². The van der Waals surface area contributed by atoms with E-state index < -0.39 is 0 Å². The van der Waals surface area contributed by atoms with E-state index in [0.717, 1.165) is 16.9 Å². The highest BCUT2D eigenvalue weighted by atomic mass is 32.1. The first-order chi connectivity index (χ1) is 4.74. The number of hydrogen-bond acceptors (Lipinski definition) is 2. The first kappa shape index (κ1) is 7.48. The highest BCUT2D eigenvalue weighted by molar-refractivity contribution is 7.80. The number of hydrogen-bond donors (Lipinski definition) is 2. The van der Waals surface area contributed by atoms with Crippen molar-refractivity contribution in [2.24, 2.45) is 0 Å². The average Bonchev–Trinajstić information content (AvgIpc) is 1.88. The number of thiol groups is 1. The van der Waals surface area contributed by atoms with Crippen LogP contribution in [0.1, 0.15) is 12.5 Å². The zero-order valence-electron chi connectivity index (χ0n) is 5.83. The molecule has 0 aromatic heterocycles. The topological polar surface area (TPSA) is 20.2 Å². The van der Waals surface area contributed by atoms with Gasteiger partial charge in [-0.15, -0.1) is 12.6 Å². The second kappa shape index (κ2) is 2.97. The lowest BCUT2D eigenvalue weighted by molar-refractivity contribution is 0.467. The summed E-state index contributed by atoms with van der Waals surface area (Å²) < 4.78 is 0. The molecule has 1 nitrogen and oxygen atoms in total. The third-order valence-electron chi connectivity index (χ3n) is 1.45. The van der Waals surface area contributed by atoms with Crippen LogP contribution in [-0.4, -0.2) is 5.11 Å². The molecule has 0 spiro atoms. The van der Waals surface area contributed by atoms with Crippen molar-refractivity contribution in [1.29, 1.82) is 0 Å². The molecule has 0 heterocycles. The molecule has 0 fully saturated rings. The Kier molecular flexibility index (Phi) is 2.22. The van der Waals surface area contributed by atoms with Gasteiger partial charge in [0, 0.05) is 4.90 Å². The van der Waals surface area contributed by atoms with Crippen LogP contribution in [0.2, 0.25) is 0 Å². The SMILES string of the molecule is CCc1ccc(S)cc1O. The van der Waals surface area contributed by atoms with Crippen molar-refractivity contribution in [3.63, 3.8) is 0 Å². The monoisotopic (exact) mass is 154 g/mol. The van der Waals surface area contributed by atoms with Crippen LogP contribution in [0.4, 0.5) is 0 Å². The van der Waals surface area contributed by atoms with E-state index in [1.165, 1.54) is 0 Å². The maximum atomic E-state index is 9.24. The molecule has 0 aliphatic carbocycles. The second-order valence-electron chi connectivity index (χ2n) is 2.17. The van der Waals surface area contributed by atoms with Crippen molar-refractivity contribution in [1.82, 2.24) is 0 Å². The van der Waals surface area contributed by atoms with Gasteiger partial charge in [-0.25, -0.2) is 0 Å². The zero-order chi connectivity index (χ0) is 7.56. The van der Waals surface area contributed by atoms with Gasteiger partial charge in [0.2, 0.25) is 0 Å². The van der Waals surface area contributed by atoms with Gasteiger partial charge >= 0.3 is 0 Å². The minimum absolute atomic E-state index is 0.343. The molecule has 0 bridgehead atoms. The molecule has 0 unspecified atom stereocenters. The first-order valence-corrected chi connectivity index (χ1v) is 3.69. The van der Waals surface area contributed by atoms with Crippen LogP contribution in [0.25, 0.3) is 0 Å². The van der Waals surface area contributed by atoms with E-state index in [2.05, 4.69) is 12.6 Å². The predicted molar refractivity (Wildman–Crippen MR) is 44.7 cm³/mol. The lowest BCUT2D eigenvalue weighted by Gasteiger charge is -2.00. The quantitative estimate of drug-likeness (QED) is 0.594. The minimum Gasteiger partial charge on any atom is -0.508 e. The maximum Gasteiger partial charge on any atom is 0.119 e. The van der Waals surface area contributed by atoms with E-state index in [-0.39, 0.29) is 0 Å². The highest BCUT2D eigenvalue weighted by Crippen LogP contribution is 2.20. The summed E-state index contributed by atoms with van der Waals surface area (Å²) in [6.45, 7) is 2.01. The highest BCUT2D eigenvalue weighted by Gasteiger charge is 1.96. The Morgan fingerprint density at radius 2 is 2.20 bits per heavy atom. The van der Waals surface area contributed by atoms with Gasteiger partial charge < -0.3 is 5.11 Å². The van der Waals surface area contributed by atoms with Crippen molar-refractivity contribution in [3.8, 4) is 5.75 Å². The molecule has 1 N–H and O–H groups in total. The Bertz CT molecular complexity index is 233. The van der Waals surface area contributed by atoms with Crippen LogP contribution in [0.15, 0.2) is 23.1 Å². The fourth-order valence-electron chi connectivity index (χ4n) is 0.851. The standard InChI is InChI=1S/C8H10OS/c1-2-6-3-4-7(10)5-8(6)9/h3-5,9-10H,2H2,1H3. The molecule has 0 aliphatic heterocycles. The van der Waals surface area contributed by atoms with E-state index in [4.69, 9.17) is 0 Å². The van der Waals surface area contributed by atoms with Crippen molar-refractivity contribution < 1.29 is 5.11 Å². The summed E-state index contributed by atoms with van der Waals surface area (Å²) in [6, 6.07) is 5.42. The normalized spacial score (nSPS) is 9.80. The van der Waals surface area contributed by atoms with Crippen molar-refractivity contribution in [3.05, 3.63) is 23.8 Å². The van der Waals surface area contributed by atoms with Crippen molar-refractivity contribution in [2.75, 3.05) is 0 Å². The Hall–Kier alpha value is -0.630. The summed E-state index contributed by atoms with van der Waals surface area (Å²) in [6.07, 6.45) is 0.861. The lowest BCUT2D eigenvalue weighted by atomic mass is 10.1. The summed E-state index contributed by atoms with van der Waals surface area (Å²) >= 11 is 4.08. The molecule has 1 aromatic rings. The third-order valence-corrected chi connectivity index (χ3v) is 1.73. The summed E-state index contributed by atoms with van der Waals surface area (Å²) in [5.74, 6) is 0.343. The number of phenols is 1. The molecule has 0 saturated carbocycles. The summed E-state index contributed by atoms with van der Waals surface area (Å²) in [4.78, 5) is 0.801. The third kappa shape index (κ3) is 1.45. The summed E-state index contributed by atoms with van der Waals surface area (Å²) in [5.41, 5.74) is 0.970. The molecule has 0 aliphatic rings. The van der Waals surface area contributed by atoms with E-state index in [0.29, 0.717) is 5.75 Å². The van der Waals surface area contributed by atoms with Crippen LogP contribution in [0.5, 0.6) is 5.75 Å². The zero-order valence-corrected chi connectivity index (χ0v) is 6.73. The van der Waals surface area contributed by atoms with Crippen LogP contribution in [-0.2, 0) is 6.42 Å². The molecule has 2 heteroatoms. The summed E-state index contributed by atoms with van der Waals surface area (Å²) in [7, 11) is 0. The first-order valence-electron chi connectivity index (χ1n) is 3.25. The number of aromatic hydroxyl groups is 1. The Morgan fingerprint density at radius 1 is 1.50 bits per heavy atom. The van der Waals surface area contributed by atoms with Crippen molar-refractivity contribution >= 4 is 12.6 Å². The predicted octanol–water partition coefficient (Wildman–Crippen LogP) is 2.24. The van der Waals surface area contributed by atoms with Crippen LogP contribution in [0.3, 0.4) is 0 Å². The van der Waals surface area contributed by atoms with Gasteiger partial charge in [-0.05, 0) is 24.1 Å². The maximum absolute atomic E-state index is 9.24. The largest absolute Gasteiger partial charge is 0.508 e. The van der Waals surface area contributed by atoms with Crippen molar-refractivity contribution in [2.45, 2.75) is 18.2 Å². The smallest absolute Gasteiger partial charge is 0.119 e. The van der Waals surface area contributed by atoms with Gasteiger partial charge in [0.05, 0.1) is 0 Å². The van der Waals surface area contributed by atoms with E-state index in [1.54, 1.807) is 6.07 Å². The van der Waals surface area contributed by atoms with Crippen LogP contribution in [0, 0.1) is 0 Å². The minimum atomic E-state index is 0.343. The van der Waals surface area contributed by atoms with E-state index in [1.807, 2.05) is 19.1 Å². The van der Waals surface area contributed by atoms with E-state index in [9.17, 15) is 5.11 Å². The molecule has 0 amide bonds. The lowest BCUT2D eigenvalue weighted by Crippen LogP contribution is -1.79. The fraction of sp³-hybridized carbons (Fsp3) is 0.250.